The summed E-state index contributed by atoms with van der Waals surface area (Å²) in [5.41, 5.74) is 0.994. The molecule has 4 nitrogen and oxygen atoms in total. The van der Waals surface area contributed by atoms with Crippen LogP contribution in [-0.4, -0.2) is 11.8 Å². The van der Waals surface area contributed by atoms with E-state index in [2.05, 4.69) is 4.74 Å². The second-order valence-corrected chi connectivity index (χ2v) is 2.92. The largest absolute Gasteiger partial charge is 0.463 e. The van der Waals surface area contributed by atoms with Gasteiger partial charge in [0.05, 0.1) is 4.92 Å². The molecule has 0 aliphatic heterocycles. The van der Waals surface area contributed by atoms with Gasteiger partial charge in [-0.05, 0) is 26.0 Å². The van der Waals surface area contributed by atoms with E-state index >= 15 is 0 Å². The molecule has 14 heavy (non-hydrogen) atoms. The van der Waals surface area contributed by atoms with Crippen LogP contribution in [0.25, 0.3) is 0 Å². The minimum absolute atomic E-state index is 0.0520. The summed E-state index contributed by atoms with van der Waals surface area (Å²) in [5.74, 6) is 0.313. The van der Waals surface area contributed by atoms with E-state index in [-0.39, 0.29) is 5.69 Å². The fraction of sp³-hybridized carbons (Fsp3) is 0.333. The van der Waals surface area contributed by atoms with Gasteiger partial charge in [-0.1, -0.05) is 0 Å². The van der Waals surface area contributed by atoms with E-state index < -0.39 is 11.8 Å². The summed E-state index contributed by atoms with van der Waals surface area (Å²) in [6.45, 7) is 2.25. The molecule has 5 heteroatoms. The molecule has 0 atom stereocenters. The fourth-order valence-electron chi connectivity index (χ4n) is 1.35. The Hall–Kier alpha value is -1.65. The molecule has 76 valence electrons. The van der Waals surface area contributed by atoms with Crippen molar-refractivity contribution in [3.05, 3.63) is 33.4 Å². The number of alkyl halides is 1. The summed E-state index contributed by atoms with van der Waals surface area (Å²) in [5, 5.41) is 10.6. The van der Waals surface area contributed by atoms with Gasteiger partial charge >= 0.3 is 0 Å². The van der Waals surface area contributed by atoms with Gasteiger partial charge in [0, 0.05) is 11.1 Å². The first kappa shape index (κ1) is 10.4. The highest BCUT2D eigenvalue weighted by Crippen LogP contribution is 2.27. The van der Waals surface area contributed by atoms with Crippen molar-refractivity contribution in [3.8, 4) is 5.75 Å². The number of nitro groups is 1. The molecule has 0 saturated heterocycles. The molecule has 1 rings (SSSR count). The van der Waals surface area contributed by atoms with Gasteiger partial charge in [-0.3, -0.25) is 10.1 Å². The van der Waals surface area contributed by atoms with Crippen molar-refractivity contribution < 1.29 is 14.1 Å². The molecule has 1 aromatic rings. The van der Waals surface area contributed by atoms with Crippen molar-refractivity contribution in [1.82, 2.24) is 0 Å². The highest BCUT2D eigenvalue weighted by Gasteiger charge is 2.15. The highest BCUT2D eigenvalue weighted by molar-refractivity contribution is 5.50. The van der Waals surface area contributed by atoms with Crippen molar-refractivity contribution in [2.24, 2.45) is 0 Å². The zero-order valence-electron chi connectivity index (χ0n) is 7.91. The second-order valence-electron chi connectivity index (χ2n) is 2.92. The normalized spacial score (nSPS) is 9.93. The first-order chi connectivity index (χ1) is 6.56. The molecule has 0 fully saturated rings. The Bertz CT molecular complexity index is 342. The van der Waals surface area contributed by atoms with Gasteiger partial charge in [0.1, 0.15) is 5.75 Å². The molecule has 0 heterocycles. The first-order valence-electron chi connectivity index (χ1n) is 4.00. The van der Waals surface area contributed by atoms with Crippen molar-refractivity contribution in [2.75, 3.05) is 6.86 Å². The molecule has 0 saturated carbocycles. The molecule has 0 aliphatic rings. The van der Waals surface area contributed by atoms with Crippen LogP contribution in [0.3, 0.4) is 0 Å². The average molecular weight is 199 g/mol. The summed E-state index contributed by atoms with van der Waals surface area (Å²) in [7, 11) is 0. The van der Waals surface area contributed by atoms with E-state index in [1.807, 2.05) is 0 Å². The van der Waals surface area contributed by atoms with Gasteiger partial charge in [-0.2, -0.15) is 0 Å². The van der Waals surface area contributed by atoms with Gasteiger partial charge < -0.3 is 4.74 Å². The van der Waals surface area contributed by atoms with Gasteiger partial charge in [0.15, 0.2) is 0 Å². The molecule has 0 spiro atoms. The Morgan fingerprint density at radius 1 is 1.43 bits per heavy atom. The van der Waals surface area contributed by atoms with Crippen LogP contribution >= 0.6 is 0 Å². The lowest BCUT2D eigenvalue weighted by molar-refractivity contribution is -0.386. The van der Waals surface area contributed by atoms with Crippen LogP contribution in [0.15, 0.2) is 12.1 Å². The standard InChI is InChI=1S/C9H10FNO3/c1-6-3-8(14-5-10)4-7(2)9(6)11(12)13/h3-4H,5H2,1-2H3. The summed E-state index contributed by atoms with van der Waals surface area (Å²) in [4.78, 5) is 10.1. The van der Waals surface area contributed by atoms with Crippen LogP contribution < -0.4 is 4.74 Å². The lowest BCUT2D eigenvalue weighted by Gasteiger charge is -2.05. The maximum Gasteiger partial charge on any atom is 0.275 e. The van der Waals surface area contributed by atoms with E-state index in [1.54, 1.807) is 13.8 Å². The van der Waals surface area contributed by atoms with Gasteiger partial charge in [-0.25, -0.2) is 4.39 Å². The van der Waals surface area contributed by atoms with Gasteiger partial charge in [-0.15, -0.1) is 0 Å². The van der Waals surface area contributed by atoms with Gasteiger partial charge in [0.25, 0.3) is 5.69 Å². The van der Waals surface area contributed by atoms with Crippen molar-refractivity contribution >= 4 is 5.69 Å². The predicted molar refractivity (Wildman–Crippen MR) is 49.2 cm³/mol. The van der Waals surface area contributed by atoms with E-state index in [1.165, 1.54) is 12.1 Å². The molecule has 1 aromatic carbocycles. The SMILES string of the molecule is Cc1cc(OCF)cc(C)c1[N+](=O)[O-]. The minimum Gasteiger partial charge on any atom is -0.463 e. The number of ether oxygens (including phenoxy) is 1. The predicted octanol–water partition coefficient (Wildman–Crippen LogP) is 2.52. The second kappa shape index (κ2) is 4.04. The topological polar surface area (TPSA) is 52.4 Å². The fourth-order valence-corrected chi connectivity index (χ4v) is 1.35. The van der Waals surface area contributed by atoms with Crippen LogP contribution in [0.5, 0.6) is 5.75 Å². The van der Waals surface area contributed by atoms with Crippen LogP contribution in [-0.2, 0) is 0 Å². The number of hydrogen-bond acceptors (Lipinski definition) is 3. The summed E-state index contributed by atoms with van der Waals surface area (Å²) in [6.07, 6.45) is 0. The average Bonchev–Trinajstić information content (AvgIpc) is 2.01. The van der Waals surface area contributed by atoms with Crippen LogP contribution in [0.4, 0.5) is 10.1 Å². The monoisotopic (exact) mass is 199 g/mol. The highest BCUT2D eigenvalue weighted by atomic mass is 19.1. The molecule has 0 aliphatic carbocycles. The zero-order valence-corrected chi connectivity index (χ0v) is 7.91. The Balaban J connectivity index is 3.18. The van der Waals surface area contributed by atoms with Crippen molar-refractivity contribution in [2.45, 2.75) is 13.8 Å². The molecule has 0 radical (unpaired) electrons. The van der Waals surface area contributed by atoms with E-state index in [4.69, 9.17) is 0 Å². The van der Waals surface area contributed by atoms with Crippen LogP contribution in [0.2, 0.25) is 0 Å². The van der Waals surface area contributed by atoms with E-state index in [9.17, 15) is 14.5 Å². The maximum atomic E-state index is 11.8. The Kier molecular flexibility index (Phi) is 3.01. The Morgan fingerprint density at radius 2 is 1.93 bits per heavy atom. The first-order valence-corrected chi connectivity index (χ1v) is 4.00. The number of hydrogen-bond donors (Lipinski definition) is 0. The minimum atomic E-state index is -0.934. The number of aryl methyl sites for hydroxylation is 2. The number of benzene rings is 1. The number of nitro benzene ring substituents is 1. The van der Waals surface area contributed by atoms with E-state index in [0.717, 1.165) is 0 Å². The molecule has 0 bridgehead atoms. The van der Waals surface area contributed by atoms with Crippen molar-refractivity contribution in [1.29, 1.82) is 0 Å². The third kappa shape index (κ3) is 1.99. The van der Waals surface area contributed by atoms with E-state index in [0.29, 0.717) is 16.9 Å². The zero-order chi connectivity index (χ0) is 10.7. The molecular formula is C9H10FNO3. The quantitative estimate of drug-likeness (QED) is 0.555. The number of nitrogens with zero attached hydrogens (tertiary/aromatic N) is 1. The molecular weight excluding hydrogens is 189 g/mol. The molecule has 0 unspecified atom stereocenters. The van der Waals surface area contributed by atoms with Crippen molar-refractivity contribution in [3.63, 3.8) is 0 Å². The Morgan fingerprint density at radius 3 is 2.29 bits per heavy atom. The lowest BCUT2D eigenvalue weighted by Crippen LogP contribution is -1.97. The summed E-state index contributed by atoms with van der Waals surface area (Å²) >= 11 is 0. The third-order valence-corrected chi connectivity index (χ3v) is 1.87. The number of halogens is 1. The Labute approximate surface area is 80.5 Å². The molecule has 0 N–H and O–H groups in total. The van der Waals surface area contributed by atoms with Crippen LogP contribution in [0.1, 0.15) is 11.1 Å². The van der Waals surface area contributed by atoms with Gasteiger partial charge in [0.2, 0.25) is 6.86 Å². The summed E-state index contributed by atoms with van der Waals surface area (Å²) in [6, 6.07) is 2.90. The van der Waals surface area contributed by atoms with Crippen LogP contribution in [0, 0.1) is 24.0 Å². The summed E-state index contributed by atoms with van der Waals surface area (Å²) < 4.78 is 16.5. The number of rotatable bonds is 3. The maximum absolute atomic E-state index is 11.8. The lowest BCUT2D eigenvalue weighted by atomic mass is 10.1. The smallest absolute Gasteiger partial charge is 0.275 e. The molecule has 0 amide bonds. The molecule has 0 aromatic heterocycles. The third-order valence-electron chi connectivity index (χ3n) is 1.87.